The molecular weight excluding hydrogens is 412 g/mol. The summed E-state index contributed by atoms with van der Waals surface area (Å²) in [4.78, 5) is 14.9. The van der Waals surface area contributed by atoms with Crippen LogP contribution >= 0.6 is 11.3 Å². The van der Waals surface area contributed by atoms with Crippen molar-refractivity contribution >= 4 is 33.0 Å². The number of thiophene rings is 1. The van der Waals surface area contributed by atoms with E-state index < -0.39 is 10.0 Å². The Bertz CT molecular complexity index is 992. The van der Waals surface area contributed by atoms with E-state index in [2.05, 4.69) is 5.32 Å². The first-order chi connectivity index (χ1) is 13.7. The SMILES string of the molecule is Cc1cc(C(=O)Nc2cc(S(=O)(=O)N3CCOCC3)ccc2OC(C)C)c(C)s1. The molecule has 1 amide bonds. The van der Waals surface area contributed by atoms with Crippen LogP contribution in [0.2, 0.25) is 0 Å². The third kappa shape index (κ3) is 4.98. The lowest BCUT2D eigenvalue weighted by Gasteiger charge is -2.26. The first-order valence-corrected chi connectivity index (χ1v) is 11.7. The highest BCUT2D eigenvalue weighted by Crippen LogP contribution is 2.31. The Morgan fingerprint density at radius 1 is 1.21 bits per heavy atom. The van der Waals surface area contributed by atoms with Gasteiger partial charge in [0.2, 0.25) is 10.0 Å². The van der Waals surface area contributed by atoms with Gasteiger partial charge in [0.1, 0.15) is 5.75 Å². The van der Waals surface area contributed by atoms with E-state index in [-0.39, 0.29) is 16.9 Å². The summed E-state index contributed by atoms with van der Waals surface area (Å²) in [5, 5.41) is 2.84. The Kier molecular flexibility index (Phi) is 6.62. The maximum atomic E-state index is 13.0. The molecule has 0 saturated carbocycles. The molecule has 2 heterocycles. The van der Waals surface area contributed by atoms with E-state index >= 15 is 0 Å². The predicted molar refractivity (Wildman–Crippen MR) is 114 cm³/mol. The number of nitrogens with zero attached hydrogens (tertiary/aromatic N) is 1. The quantitative estimate of drug-likeness (QED) is 0.747. The number of hydrogen-bond donors (Lipinski definition) is 1. The first kappa shape index (κ1) is 21.8. The minimum Gasteiger partial charge on any atom is -0.489 e. The van der Waals surface area contributed by atoms with Gasteiger partial charge in [-0.15, -0.1) is 11.3 Å². The largest absolute Gasteiger partial charge is 0.489 e. The van der Waals surface area contributed by atoms with Crippen LogP contribution in [0.4, 0.5) is 5.69 Å². The van der Waals surface area contributed by atoms with Gasteiger partial charge in [0.15, 0.2) is 0 Å². The Morgan fingerprint density at radius 2 is 1.90 bits per heavy atom. The third-order valence-corrected chi connectivity index (χ3v) is 7.32. The van der Waals surface area contributed by atoms with Gasteiger partial charge in [0.05, 0.1) is 35.5 Å². The number of rotatable bonds is 6. The number of carbonyl (C=O) groups excluding carboxylic acids is 1. The highest BCUT2D eigenvalue weighted by Gasteiger charge is 2.27. The molecule has 3 rings (SSSR count). The fraction of sp³-hybridized carbons (Fsp3) is 0.450. The van der Waals surface area contributed by atoms with Crippen LogP contribution in [0.5, 0.6) is 5.75 Å². The van der Waals surface area contributed by atoms with E-state index in [0.717, 1.165) is 9.75 Å². The number of anilines is 1. The molecule has 0 atom stereocenters. The van der Waals surface area contributed by atoms with Gasteiger partial charge in [-0.25, -0.2) is 8.42 Å². The molecule has 1 aliphatic rings. The van der Waals surface area contributed by atoms with E-state index in [1.807, 2.05) is 33.8 Å². The van der Waals surface area contributed by atoms with Crippen LogP contribution in [-0.4, -0.2) is 51.0 Å². The minimum absolute atomic E-state index is 0.115. The van der Waals surface area contributed by atoms with Crippen molar-refractivity contribution in [2.45, 2.75) is 38.7 Å². The van der Waals surface area contributed by atoms with Gasteiger partial charge >= 0.3 is 0 Å². The Balaban J connectivity index is 1.95. The second kappa shape index (κ2) is 8.83. The number of morpholine rings is 1. The van der Waals surface area contributed by atoms with Crippen molar-refractivity contribution in [3.8, 4) is 5.75 Å². The first-order valence-electron chi connectivity index (χ1n) is 9.45. The zero-order valence-electron chi connectivity index (χ0n) is 17.0. The van der Waals surface area contributed by atoms with Crippen LogP contribution in [0.25, 0.3) is 0 Å². The van der Waals surface area contributed by atoms with Crippen LogP contribution in [0.3, 0.4) is 0 Å². The number of amides is 1. The molecule has 1 aromatic heterocycles. The van der Waals surface area contributed by atoms with Crippen LogP contribution in [0, 0.1) is 13.8 Å². The third-order valence-electron chi connectivity index (χ3n) is 4.46. The van der Waals surface area contributed by atoms with Gasteiger partial charge in [-0.1, -0.05) is 0 Å². The number of ether oxygens (including phenoxy) is 2. The molecule has 0 aliphatic carbocycles. The van der Waals surface area contributed by atoms with Crippen molar-refractivity contribution in [2.24, 2.45) is 0 Å². The number of hydrogen-bond acceptors (Lipinski definition) is 6. The summed E-state index contributed by atoms with van der Waals surface area (Å²) in [5.41, 5.74) is 0.908. The number of nitrogens with one attached hydrogen (secondary N) is 1. The molecule has 158 valence electrons. The molecule has 0 spiro atoms. The number of carbonyl (C=O) groups is 1. The molecule has 2 aromatic rings. The standard InChI is InChI=1S/C20H26N2O5S2/c1-13(2)27-19-6-5-16(29(24,25)22-7-9-26-10-8-22)12-18(19)21-20(23)17-11-14(3)28-15(17)4/h5-6,11-13H,7-10H2,1-4H3,(H,21,23). The zero-order valence-corrected chi connectivity index (χ0v) is 18.7. The molecule has 9 heteroatoms. The van der Waals surface area contributed by atoms with Crippen LogP contribution in [0.1, 0.15) is 34.0 Å². The number of benzene rings is 1. The summed E-state index contributed by atoms with van der Waals surface area (Å²) in [6.45, 7) is 8.92. The molecule has 1 fully saturated rings. The maximum Gasteiger partial charge on any atom is 0.256 e. The fourth-order valence-electron chi connectivity index (χ4n) is 3.11. The smallest absolute Gasteiger partial charge is 0.256 e. The Hall–Kier alpha value is -1.94. The molecule has 0 bridgehead atoms. The van der Waals surface area contributed by atoms with E-state index in [1.54, 1.807) is 17.4 Å². The Morgan fingerprint density at radius 3 is 2.48 bits per heavy atom. The van der Waals surface area contributed by atoms with E-state index in [1.165, 1.54) is 16.4 Å². The van der Waals surface area contributed by atoms with E-state index in [0.29, 0.717) is 43.3 Å². The van der Waals surface area contributed by atoms with Gasteiger partial charge in [-0.2, -0.15) is 4.31 Å². The number of sulfonamides is 1. The molecular formula is C20H26N2O5S2. The zero-order chi connectivity index (χ0) is 21.2. The second-order valence-corrected chi connectivity index (χ2v) is 10.5. The van der Waals surface area contributed by atoms with Crippen molar-refractivity contribution in [1.29, 1.82) is 0 Å². The summed E-state index contributed by atoms with van der Waals surface area (Å²) in [5.74, 6) is 0.139. The molecule has 1 saturated heterocycles. The average Bonchev–Trinajstić information content (AvgIpc) is 3.01. The molecule has 0 radical (unpaired) electrons. The highest BCUT2D eigenvalue weighted by atomic mass is 32.2. The van der Waals surface area contributed by atoms with Gasteiger partial charge in [-0.3, -0.25) is 4.79 Å². The summed E-state index contributed by atoms with van der Waals surface area (Å²) in [7, 11) is -3.69. The molecule has 7 nitrogen and oxygen atoms in total. The van der Waals surface area contributed by atoms with Crippen molar-refractivity contribution in [2.75, 3.05) is 31.6 Å². The second-order valence-electron chi connectivity index (χ2n) is 7.12. The van der Waals surface area contributed by atoms with Crippen molar-refractivity contribution in [3.05, 3.63) is 39.6 Å². The molecule has 0 unspecified atom stereocenters. The summed E-state index contributed by atoms with van der Waals surface area (Å²) in [6.07, 6.45) is -0.127. The lowest BCUT2D eigenvalue weighted by molar-refractivity contribution is 0.0730. The van der Waals surface area contributed by atoms with Crippen molar-refractivity contribution in [1.82, 2.24) is 4.31 Å². The highest BCUT2D eigenvalue weighted by molar-refractivity contribution is 7.89. The fourth-order valence-corrected chi connectivity index (χ4v) is 5.46. The van der Waals surface area contributed by atoms with Crippen LogP contribution in [0.15, 0.2) is 29.2 Å². The summed E-state index contributed by atoms with van der Waals surface area (Å²) < 4.78 is 38.4. The van der Waals surface area contributed by atoms with Gasteiger partial charge < -0.3 is 14.8 Å². The number of aryl methyl sites for hydroxylation is 2. The summed E-state index contributed by atoms with van der Waals surface area (Å²) in [6, 6.07) is 6.40. The van der Waals surface area contributed by atoms with Crippen molar-refractivity contribution < 1.29 is 22.7 Å². The lowest BCUT2D eigenvalue weighted by Crippen LogP contribution is -2.40. The van der Waals surface area contributed by atoms with E-state index in [9.17, 15) is 13.2 Å². The maximum absolute atomic E-state index is 13.0. The van der Waals surface area contributed by atoms with Crippen molar-refractivity contribution in [3.63, 3.8) is 0 Å². The normalized spacial score (nSPS) is 15.5. The van der Waals surface area contributed by atoms with E-state index in [4.69, 9.17) is 9.47 Å². The Labute approximate surface area is 175 Å². The molecule has 1 aromatic carbocycles. The topological polar surface area (TPSA) is 84.9 Å². The molecule has 29 heavy (non-hydrogen) atoms. The minimum atomic E-state index is -3.69. The van der Waals surface area contributed by atoms with Gasteiger partial charge in [-0.05, 0) is 52.0 Å². The van der Waals surface area contributed by atoms with Crippen LogP contribution < -0.4 is 10.1 Å². The van der Waals surface area contributed by atoms with Gasteiger partial charge in [0.25, 0.3) is 5.91 Å². The molecule has 1 aliphatic heterocycles. The monoisotopic (exact) mass is 438 g/mol. The summed E-state index contributed by atoms with van der Waals surface area (Å²) >= 11 is 1.54. The molecule has 1 N–H and O–H groups in total. The lowest BCUT2D eigenvalue weighted by atomic mass is 10.2. The average molecular weight is 439 g/mol. The predicted octanol–water partition coefficient (Wildman–Crippen LogP) is 3.43. The van der Waals surface area contributed by atoms with Crippen LogP contribution in [-0.2, 0) is 14.8 Å². The van der Waals surface area contributed by atoms with Gasteiger partial charge in [0, 0.05) is 22.8 Å².